The fourth-order valence-electron chi connectivity index (χ4n) is 1.12. The van der Waals surface area contributed by atoms with Crippen molar-refractivity contribution < 1.29 is 17.9 Å². The number of hydrogen-bond acceptors (Lipinski definition) is 4. The molecule has 1 aromatic heterocycles. The Morgan fingerprint density at radius 3 is 2.88 bits per heavy atom. The summed E-state index contributed by atoms with van der Waals surface area (Å²) in [5.41, 5.74) is 0. The van der Waals surface area contributed by atoms with Crippen molar-refractivity contribution in [2.45, 2.75) is 26.4 Å². The monoisotopic (exact) mass is 238 g/mol. The van der Waals surface area contributed by atoms with Crippen LogP contribution in [0, 0.1) is 0 Å². The molecule has 92 valence electrons. The van der Waals surface area contributed by atoms with Gasteiger partial charge < -0.3 is 9.88 Å². The standard InChI is InChI=1S/C8H13F3N4O/c1-2-15-6-13-14-7(15)5-12-3-4-16-8(9,10)11/h6,12H,2-5H2,1H3. The topological polar surface area (TPSA) is 52.0 Å². The summed E-state index contributed by atoms with van der Waals surface area (Å²) in [7, 11) is 0. The van der Waals surface area contributed by atoms with E-state index in [9.17, 15) is 13.2 Å². The maximum Gasteiger partial charge on any atom is 0.522 e. The van der Waals surface area contributed by atoms with Crippen LogP contribution in [-0.2, 0) is 17.8 Å². The number of alkyl halides is 3. The summed E-state index contributed by atoms with van der Waals surface area (Å²) in [6, 6.07) is 0. The molecule has 0 unspecified atom stereocenters. The molecule has 0 aliphatic heterocycles. The number of hydrogen-bond donors (Lipinski definition) is 1. The molecule has 0 amide bonds. The summed E-state index contributed by atoms with van der Waals surface area (Å²) in [4.78, 5) is 0. The van der Waals surface area contributed by atoms with Crippen molar-refractivity contribution in [2.24, 2.45) is 0 Å². The average molecular weight is 238 g/mol. The largest absolute Gasteiger partial charge is 0.522 e. The van der Waals surface area contributed by atoms with E-state index in [0.29, 0.717) is 12.4 Å². The molecule has 1 N–H and O–H groups in total. The highest BCUT2D eigenvalue weighted by Gasteiger charge is 2.28. The first-order valence-corrected chi connectivity index (χ1v) is 4.81. The predicted octanol–water partition coefficient (Wildman–Crippen LogP) is 0.924. The van der Waals surface area contributed by atoms with Gasteiger partial charge in [-0.25, -0.2) is 0 Å². The number of nitrogens with zero attached hydrogens (tertiary/aromatic N) is 3. The maximum atomic E-state index is 11.6. The highest BCUT2D eigenvalue weighted by atomic mass is 19.4. The van der Waals surface area contributed by atoms with Gasteiger partial charge in [0.05, 0.1) is 13.2 Å². The van der Waals surface area contributed by atoms with E-state index in [0.717, 1.165) is 6.54 Å². The third-order valence-corrected chi connectivity index (χ3v) is 1.86. The predicted molar refractivity (Wildman–Crippen MR) is 49.4 cm³/mol. The highest BCUT2D eigenvalue weighted by molar-refractivity contribution is 4.84. The lowest BCUT2D eigenvalue weighted by atomic mass is 10.5. The first kappa shape index (κ1) is 12.9. The number of halogens is 3. The molecule has 0 saturated carbocycles. The van der Waals surface area contributed by atoms with E-state index in [-0.39, 0.29) is 6.54 Å². The number of nitrogens with one attached hydrogen (secondary N) is 1. The van der Waals surface area contributed by atoms with Crippen LogP contribution in [-0.4, -0.2) is 34.3 Å². The molecule has 16 heavy (non-hydrogen) atoms. The molecule has 0 saturated heterocycles. The molecule has 0 fully saturated rings. The van der Waals surface area contributed by atoms with Crippen LogP contribution in [0.2, 0.25) is 0 Å². The minimum absolute atomic E-state index is 0.107. The Bertz CT molecular complexity index is 312. The van der Waals surface area contributed by atoms with Crippen LogP contribution in [0.5, 0.6) is 0 Å². The molecule has 0 atom stereocenters. The van der Waals surface area contributed by atoms with Crippen molar-refractivity contribution in [1.29, 1.82) is 0 Å². The zero-order valence-corrected chi connectivity index (χ0v) is 8.79. The number of ether oxygens (including phenoxy) is 1. The fourth-order valence-corrected chi connectivity index (χ4v) is 1.12. The quantitative estimate of drug-likeness (QED) is 0.749. The van der Waals surface area contributed by atoms with Crippen molar-refractivity contribution in [1.82, 2.24) is 20.1 Å². The molecular formula is C8H13F3N4O. The van der Waals surface area contributed by atoms with Gasteiger partial charge in [-0.2, -0.15) is 0 Å². The van der Waals surface area contributed by atoms with Gasteiger partial charge in [0.25, 0.3) is 0 Å². The first-order chi connectivity index (χ1) is 7.53. The lowest BCUT2D eigenvalue weighted by Crippen LogP contribution is -2.25. The smallest absolute Gasteiger partial charge is 0.317 e. The van der Waals surface area contributed by atoms with E-state index in [2.05, 4.69) is 20.3 Å². The van der Waals surface area contributed by atoms with Crippen LogP contribution in [0.1, 0.15) is 12.7 Å². The van der Waals surface area contributed by atoms with Gasteiger partial charge in [-0.05, 0) is 6.92 Å². The third kappa shape index (κ3) is 4.58. The van der Waals surface area contributed by atoms with Gasteiger partial charge >= 0.3 is 6.36 Å². The van der Waals surface area contributed by atoms with Crippen LogP contribution in [0.25, 0.3) is 0 Å². The summed E-state index contributed by atoms with van der Waals surface area (Å²) in [5, 5.41) is 10.3. The second kappa shape index (κ2) is 5.80. The Balaban J connectivity index is 2.16. The van der Waals surface area contributed by atoms with Crippen LogP contribution in [0.4, 0.5) is 13.2 Å². The molecule has 0 aromatic carbocycles. The second-order valence-corrected chi connectivity index (χ2v) is 3.00. The Labute approximate surface area is 90.6 Å². The molecule has 1 heterocycles. The molecule has 8 heteroatoms. The average Bonchev–Trinajstić information content (AvgIpc) is 2.63. The molecule has 0 spiro atoms. The van der Waals surface area contributed by atoms with Crippen molar-refractivity contribution in [2.75, 3.05) is 13.2 Å². The Morgan fingerprint density at radius 1 is 1.50 bits per heavy atom. The van der Waals surface area contributed by atoms with Crippen LogP contribution >= 0.6 is 0 Å². The van der Waals surface area contributed by atoms with Crippen molar-refractivity contribution >= 4 is 0 Å². The first-order valence-electron chi connectivity index (χ1n) is 4.81. The highest BCUT2D eigenvalue weighted by Crippen LogP contribution is 2.15. The third-order valence-electron chi connectivity index (χ3n) is 1.86. The van der Waals surface area contributed by atoms with E-state index in [4.69, 9.17) is 0 Å². The van der Waals surface area contributed by atoms with Gasteiger partial charge in [0.1, 0.15) is 12.2 Å². The van der Waals surface area contributed by atoms with Crippen molar-refractivity contribution in [3.8, 4) is 0 Å². The van der Waals surface area contributed by atoms with Gasteiger partial charge in [0.15, 0.2) is 0 Å². The fraction of sp³-hybridized carbons (Fsp3) is 0.750. The number of aryl methyl sites for hydroxylation is 1. The van der Waals surface area contributed by atoms with Gasteiger partial charge in [-0.15, -0.1) is 23.4 Å². The van der Waals surface area contributed by atoms with Gasteiger partial charge in [-0.1, -0.05) is 0 Å². The molecule has 0 radical (unpaired) electrons. The summed E-state index contributed by atoms with van der Waals surface area (Å²) in [5.74, 6) is 0.689. The Hall–Kier alpha value is -1.15. The summed E-state index contributed by atoms with van der Waals surface area (Å²) >= 11 is 0. The maximum absolute atomic E-state index is 11.6. The molecule has 5 nitrogen and oxygen atoms in total. The van der Waals surface area contributed by atoms with E-state index in [1.54, 1.807) is 10.9 Å². The summed E-state index contributed by atoms with van der Waals surface area (Å²) in [6.07, 6.45) is -2.99. The van der Waals surface area contributed by atoms with Crippen molar-refractivity contribution in [3.05, 3.63) is 12.2 Å². The summed E-state index contributed by atoms with van der Waals surface area (Å²) < 4.78 is 40.2. The van der Waals surface area contributed by atoms with E-state index in [1.807, 2.05) is 6.92 Å². The van der Waals surface area contributed by atoms with Crippen LogP contribution in [0.3, 0.4) is 0 Å². The number of aromatic nitrogens is 3. The van der Waals surface area contributed by atoms with Crippen LogP contribution < -0.4 is 5.32 Å². The van der Waals surface area contributed by atoms with E-state index >= 15 is 0 Å². The van der Waals surface area contributed by atoms with Gasteiger partial charge in [0, 0.05) is 13.1 Å². The zero-order chi connectivity index (χ0) is 12.0. The second-order valence-electron chi connectivity index (χ2n) is 3.00. The molecule has 0 aliphatic carbocycles. The SMILES string of the molecule is CCn1cnnc1CNCCOC(F)(F)F. The molecule has 1 aromatic rings. The van der Waals surface area contributed by atoms with E-state index < -0.39 is 13.0 Å². The number of rotatable bonds is 6. The molecule has 0 bridgehead atoms. The lowest BCUT2D eigenvalue weighted by molar-refractivity contribution is -0.323. The lowest BCUT2D eigenvalue weighted by Gasteiger charge is -2.08. The zero-order valence-electron chi connectivity index (χ0n) is 8.79. The Kier molecular flexibility index (Phi) is 4.69. The molecule has 0 aliphatic rings. The van der Waals surface area contributed by atoms with E-state index in [1.165, 1.54) is 0 Å². The van der Waals surface area contributed by atoms with Crippen LogP contribution in [0.15, 0.2) is 6.33 Å². The van der Waals surface area contributed by atoms with Crippen molar-refractivity contribution in [3.63, 3.8) is 0 Å². The van der Waals surface area contributed by atoms with Gasteiger partial charge in [0.2, 0.25) is 0 Å². The minimum atomic E-state index is -4.56. The normalized spacial score (nSPS) is 12.0. The van der Waals surface area contributed by atoms with Gasteiger partial charge in [-0.3, -0.25) is 4.74 Å². The molecular weight excluding hydrogens is 225 g/mol. The Morgan fingerprint density at radius 2 is 2.25 bits per heavy atom. The summed E-state index contributed by atoms with van der Waals surface area (Å²) in [6.45, 7) is 2.72. The molecule has 1 rings (SSSR count). The minimum Gasteiger partial charge on any atom is -0.317 e.